The van der Waals surface area contributed by atoms with E-state index in [2.05, 4.69) is 43.3 Å². The van der Waals surface area contributed by atoms with E-state index >= 15 is 0 Å². The molecule has 0 saturated heterocycles. The highest BCUT2D eigenvalue weighted by Gasteiger charge is 2.33. The second-order valence-corrected chi connectivity index (χ2v) is 10.2. The molecule has 3 rings (SSSR count). The summed E-state index contributed by atoms with van der Waals surface area (Å²) in [6, 6.07) is 12.2. The third-order valence-corrected chi connectivity index (χ3v) is 7.16. The highest BCUT2D eigenvalue weighted by molar-refractivity contribution is 9.10. The van der Waals surface area contributed by atoms with Crippen molar-refractivity contribution in [2.75, 3.05) is 26.1 Å². The van der Waals surface area contributed by atoms with Gasteiger partial charge in [0.2, 0.25) is 0 Å². The molecule has 9 heteroatoms. The molecular weight excluding hydrogens is 510 g/mol. The third kappa shape index (κ3) is 6.86. The van der Waals surface area contributed by atoms with E-state index in [0.29, 0.717) is 25.9 Å². The van der Waals surface area contributed by atoms with Crippen LogP contribution in [0.1, 0.15) is 25.5 Å². The van der Waals surface area contributed by atoms with Gasteiger partial charge in [0.1, 0.15) is 11.4 Å². The van der Waals surface area contributed by atoms with E-state index in [9.17, 15) is 4.79 Å². The number of ether oxygens (including phenoxy) is 2. The van der Waals surface area contributed by atoms with Crippen molar-refractivity contribution in [3.05, 3.63) is 58.1 Å². The van der Waals surface area contributed by atoms with Crippen LogP contribution in [-0.2, 0) is 20.7 Å². The Kier molecular flexibility index (Phi) is 9.24. The monoisotopic (exact) mass is 535 g/mol. The number of Topliss-reactive ketones (excluding diaryl/α,β-unsaturated/α-hetero) is 1. The topological polar surface area (TPSA) is 73.3 Å². The molecule has 3 aromatic rings. The second-order valence-electron chi connectivity index (χ2n) is 7.32. The van der Waals surface area contributed by atoms with Gasteiger partial charge in [0.15, 0.2) is 10.9 Å². The summed E-state index contributed by atoms with van der Waals surface area (Å²) in [5.74, 6) is 0.781. The molecular formula is C23H26BrN3O3S2. The van der Waals surface area contributed by atoms with Crippen LogP contribution in [0.3, 0.4) is 0 Å². The number of nitrogens with one attached hydrogen (secondary N) is 1. The summed E-state index contributed by atoms with van der Waals surface area (Å²) in [5, 5.41) is 5.99. The van der Waals surface area contributed by atoms with Crippen molar-refractivity contribution in [1.29, 1.82) is 0 Å². The number of benzene rings is 1. The van der Waals surface area contributed by atoms with Gasteiger partial charge in [-0.3, -0.25) is 4.79 Å². The second kappa shape index (κ2) is 11.9. The van der Waals surface area contributed by atoms with Crippen molar-refractivity contribution < 1.29 is 14.3 Å². The fourth-order valence-electron chi connectivity index (χ4n) is 3.03. The SMILES string of the molecule is COCCCC(=O)C(C)(Cc1csc(Nc2ncc(Br)cc2Sc2ccccc2)n1)OC. The van der Waals surface area contributed by atoms with E-state index in [1.807, 2.05) is 36.6 Å². The predicted octanol–water partition coefficient (Wildman–Crippen LogP) is 6.14. The Balaban J connectivity index is 1.71. The summed E-state index contributed by atoms with van der Waals surface area (Å²) in [5.41, 5.74) is -0.111. The minimum Gasteiger partial charge on any atom is -0.385 e. The molecule has 0 amide bonds. The summed E-state index contributed by atoms with van der Waals surface area (Å²) in [6.45, 7) is 2.37. The van der Waals surface area contributed by atoms with Gasteiger partial charge >= 0.3 is 0 Å². The van der Waals surface area contributed by atoms with Gasteiger partial charge in [0, 0.05) is 54.6 Å². The molecule has 32 heavy (non-hydrogen) atoms. The van der Waals surface area contributed by atoms with Crippen LogP contribution in [0.15, 0.2) is 62.2 Å². The Hall–Kier alpha value is -1.78. The molecule has 1 unspecified atom stereocenters. The van der Waals surface area contributed by atoms with Gasteiger partial charge in [-0.2, -0.15) is 0 Å². The van der Waals surface area contributed by atoms with Gasteiger partial charge in [-0.1, -0.05) is 30.0 Å². The molecule has 0 saturated carbocycles. The van der Waals surface area contributed by atoms with Crippen molar-refractivity contribution in [1.82, 2.24) is 9.97 Å². The van der Waals surface area contributed by atoms with Crippen molar-refractivity contribution >= 4 is 55.8 Å². The standard InChI is InChI=1S/C23H26BrN3O3S2/c1-23(30-3,20(28)10-7-11-29-2)13-17-15-31-22(26-17)27-21-19(12-16(24)14-25-21)32-18-8-5-4-6-9-18/h4-6,8-9,12,14-15H,7,10-11,13H2,1-3H3,(H,25,26,27). The van der Waals surface area contributed by atoms with Crippen LogP contribution < -0.4 is 5.32 Å². The first-order valence-corrected chi connectivity index (χ1v) is 12.6. The molecule has 170 valence electrons. The number of carbonyl (C=O) groups is 1. The Morgan fingerprint density at radius 1 is 1.28 bits per heavy atom. The van der Waals surface area contributed by atoms with E-state index in [4.69, 9.17) is 9.47 Å². The van der Waals surface area contributed by atoms with Gasteiger partial charge < -0.3 is 14.8 Å². The average molecular weight is 537 g/mol. The molecule has 0 aliphatic heterocycles. The molecule has 6 nitrogen and oxygen atoms in total. The van der Waals surface area contributed by atoms with Crippen LogP contribution in [0.5, 0.6) is 0 Å². The lowest BCUT2D eigenvalue weighted by atomic mass is 9.92. The minimum absolute atomic E-state index is 0.0516. The zero-order valence-electron chi connectivity index (χ0n) is 18.3. The summed E-state index contributed by atoms with van der Waals surface area (Å²) >= 11 is 6.61. The Morgan fingerprint density at radius 2 is 2.06 bits per heavy atom. The molecule has 1 N–H and O–H groups in total. The maximum Gasteiger partial charge on any atom is 0.188 e. The zero-order valence-corrected chi connectivity index (χ0v) is 21.5. The molecule has 2 aromatic heterocycles. The van der Waals surface area contributed by atoms with Gasteiger partial charge in [-0.15, -0.1) is 11.3 Å². The summed E-state index contributed by atoms with van der Waals surface area (Å²) in [4.78, 5) is 24.0. The van der Waals surface area contributed by atoms with Crippen LogP contribution in [0.2, 0.25) is 0 Å². The molecule has 1 atom stereocenters. The fraction of sp³-hybridized carbons (Fsp3) is 0.348. The number of thiazole rings is 1. The smallest absolute Gasteiger partial charge is 0.188 e. The van der Waals surface area contributed by atoms with Gasteiger partial charge in [-0.25, -0.2) is 9.97 Å². The predicted molar refractivity (Wildman–Crippen MR) is 133 cm³/mol. The highest BCUT2D eigenvalue weighted by Crippen LogP contribution is 2.36. The number of carbonyl (C=O) groups excluding carboxylic acids is 1. The number of aromatic nitrogens is 2. The number of methoxy groups -OCH3 is 2. The Labute approximate surface area is 205 Å². The number of hydrogen-bond donors (Lipinski definition) is 1. The van der Waals surface area contributed by atoms with E-state index in [0.717, 1.165) is 30.9 Å². The number of halogens is 1. The lowest BCUT2D eigenvalue weighted by molar-refractivity contribution is -0.139. The van der Waals surface area contributed by atoms with Gasteiger partial charge in [0.05, 0.1) is 10.6 Å². The summed E-state index contributed by atoms with van der Waals surface area (Å²) < 4.78 is 11.5. The first kappa shape index (κ1) is 24.9. The van der Waals surface area contributed by atoms with E-state index < -0.39 is 5.60 Å². The molecule has 2 heterocycles. The van der Waals surface area contributed by atoms with Gasteiger partial charge in [0.25, 0.3) is 0 Å². The first-order chi connectivity index (χ1) is 15.4. The minimum atomic E-state index is -0.913. The lowest BCUT2D eigenvalue weighted by Gasteiger charge is -2.25. The van der Waals surface area contributed by atoms with Crippen LogP contribution >= 0.6 is 39.0 Å². The molecule has 0 bridgehead atoms. The Bertz CT molecular complexity index is 1030. The molecule has 0 aliphatic carbocycles. The maximum atomic E-state index is 12.7. The highest BCUT2D eigenvalue weighted by atomic mass is 79.9. The average Bonchev–Trinajstić information content (AvgIpc) is 3.22. The number of pyridine rings is 1. The molecule has 0 spiro atoms. The van der Waals surface area contributed by atoms with E-state index in [1.54, 1.807) is 32.2 Å². The number of ketones is 1. The Morgan fingerprint density at radius 3 is 2.78 bits per heavy atom. The van der Waals surface area contributed by atoms with Gasteiger partial charge in [-0.05, 0) is 47.5 Å². The normalized spacial score (nSPS) is 13.0. The largest absolute Gasteiger partial charge is 0.385 e. The molecule has 0 radical (unpaired) electrons. The van der Waals surface area contributed by atoms with Crippen LogP contribution in [0, 0.1) is 0 Å². The van der Waals surface area contributed by atoms with Crippen LogP contribution in [-0.4, -0.2) is 42.2 Å². The lowest BCUT2D eigenvalue weighted by Crippen LogP contribution is -2.40. The van der Waals surface area contributed by atoms with E-state index in [1.165, 1.54) is 11.3 Å². The van der Waals surface area contributed by atoms with Crippen molar-refractivity contribution in [3.8, 4) is 0 Å². The van der Waals surface area contributed by atoms with Crippen LogP contribution in [0.4, 0.5) is 10.9 Å². The number of anilines is 2. The third-order valence-electron chi connectivity index (χ3n) is 4.88. The zero-order chi connectivity index (χ0) is 23.0. The van der Waals surface area contributed by atoms with E-state index in [-0.39, 0.29) is 5.78 Å². The first-order valence-electron chi connectivity index (χ1n) is 10.1. The van der Waals surface area contributed by atoms with Crippen molar-refractivity contribution in [2.45, 2.75) is 41.6 Å². The maximum absolute atomic E-state index is 12.7. The quantitative estimate of drug-likeness (QED) is 0.279. The van der Waals surface area contributed by atoms with Crippen molar-refractivity contribution in [3.63, 3.8) is 0 Å². The van der Waals surface area contributed by atoms with Crippen molar-refractivity contribution in [2.24, 2.45) is 0 Å². The summed E-state index contributed by atoms with van der Waals surface area (Å²) in [7, 11) is 3.20. The molecule has 0 fully saturated rings. The number of nitrogens with zero attached hydrogens (tertiary/aromatic N) is 2. The fourth-order valence-corrected chi connectivity index (χ4v) is 5.15. The number of rotatable bonds is 12. The summed E-state index contributed by atoms with van der Waals surface area (Å²) in [6.07, 6.45) is 3.25. The van der Waals surface area contributed by atoms with Crippen LogP contribution in [0.25, 0.3) is 0 Å². The molecule has 0 aliphatic rings. The molecule has 1 aromatic carbocycles. The number of hydrogen-bond acceptors (Lipinski definition) is 8.